The first-order valence-electron chi connectivity index (χ1n) is 6.27. The zero-order valence-corrected chi connectivity index (χ0v) is 9.54. The summed E-state index contributed by atoms with van der Waals surface area (Å²) in [6.07, 6.45) is 8.41. The highest BCUT2D eigenvalue weighted by atomic mass is 16.5. The van der Waals surface area contributed by atoms with Crippen molar-refractivity contribution >= 4 is 0 Å². The lowest BCUT2D eigenvalue weighted by molar-refractivity contribution is 0.0929. The van der Waals surface area contributed by atoms with Gasteiger partial charge in [0, 0.05) is 25.4 Å². The molecule has 2 unspecified atom stereocenters. The third kappa shape index (κ3) is 3.44. The molecule has 0 amide bonds. The van der Waals surface area contributed by atoms with Crippen molar-refractivity contribution in [1.82, 2.24) is 0 Å². The normalized spacial score (nSPS) is 37.8. The Labute approximate surface area is 92.3 Å². The first kappa shape index (κ1) is 11.4. The van der Waals surface area contributed by atoms with Crippen LogP contribution in [-0.2, 0) is 9.47 Å². The molecule has 0 radical (unpaired) electrons. The molecule has 0 aromatic carbocycles. The highest BCUT2D eigenvalue weighted by Crippen LogP contribution is 2.27. The Morgan fingerprint density at radius 3 is 2.87 bits per heavy atom. The van der Waals surface area contributed by atoms with Crippen molar-refractivity contribution in [2.45, 2.75) is 56.6 Å². The maximum Gasteiger partial charge on any atom is 0.0576 e. The Morgan fingerprint density at radius 1 is 1.13 bits per heavy atom. The second-order valence-electron chi connectivity index (χ2n) is 5.00. The number of rotatable bonds is 3. The van der Waals surface area contributed by atoms with Crippen LogP contribution in [0.5, 0.6) is 0 Å². The van der Waals surface area contributed by atoms with Gasteiger partial charge in [0.05, 0.1) is 6.10 Å². The molecule has 0 aromatic rings. The molecule has 2 N–H and O–H groups in total. The first-order valence-corrected chi connectivity index (χ1v) is 6.27. The molecule has 2 atom stereocenters. The molecule has 2 aliphatic rings. The minimum absolute atomic E-state index is 0.0163. The van der Waals surface area contributed by atoms with Crippen LogP contribution in [0.25, 0.3) is 0 Å². The van der Waals surface area contributed by atoms with Crippen LogP contribution in [0.2, 0.25) is 0 Å². The van der Waals surface area contributed by atoms with Gasteiger partial charge in [0.25, 0.3) is 0 Å². The lowest BCUT2D eigenvalue weighted by atomic mass is 9.86. The molecule has 15 heavy (non-hydrogen) atoms. The zero-order valence-electron chi connectivity index (χ0n) is 9.54. The van der Waals surface area contributed by atoms with Gasteiger partial charge in [0.15, 0.2) is 0 Å². The summed E-state index contributed by atoms with van der Waals surface area (Å²) in [5, 5.41) is 0. The lowest BCUT2D eigenvalue weighted by Crippen LogP contribution is -2.40. The van der Waals surface area contributed by atoms with E-state index in [4.69, 9.17) is 15.2 Å². The van der Waals surface area contributed by atoms with E-state index in [1.54, 1.807) is 0 Å². The van der Waals surface area contributed by atoms with Gasteiger partial charge in [-0.05, 0) is 44.9 Å². The number of nitrogens with two attached hydrogens (primary N) is 1. The van der Waals surface area contributed by atoms with E-state index in [1.807, 2.05) is 0 Å². The molecule has 0 bridgehead atoms. The summed E-state index contributed by atoms with van der Waals surface area (Å²) in [5.74, 6) is 0. The van der Waals surface area contributed by atoms with Gasteiger partial charge >= 0.3 is 0 Å². The number of hydrogen-bond acceptors (Lipinski definition) is 3. The van der Waals surface area contributed by atoms with Gasteiger partial charge in [-0.1, -0.05) is 0 Å². The van der Waals surface area contributed by atoms with Crippen molar-refractivity contribution in [3.05, 3.63) is 0 Å². The third-order valence-electron chi connectivity index (χ3n) is 3.70. The van der Waals surface area contributed by atoms with Gasteiger partial charge in [-0.25, -0.2) is 0 Å². The molecular weight excluding hydrogens is 190 g/mol. The molecule has 3 nitrogen and oxygen atoms in total. The Balaban J connectivity index is 1.75. The van der Waals surface area contributed by atoms with Gasteiger partial charge in [-0.15, -0.1) is 0 Å². The second-order valence-corrected chi connectivity index (χ2v) is 5.00. The molecule has 2 heterocycles. The average molecular weight is 213 g/mol. The fourth-order valence-corrected chi connectivity index (χ4v) is 2.60. The highest BCUT2D eigenvalue weighted by Gasteiger charge is 2.28. The van der Waals surface area contributed by atoms with Crippen LogP contribution in [0.15, 0.2) is 0 Å². The molecule has 0 spiro atoms. The standard InChI is InChI=1S/C12H23NO2/c13-12(5-2-8-14-10-7-12)6-4-11-3-1-9-15-11/h11H,1-10,13H2. The molecular formula is C12H23NO2. The second kappa shape index (κ2) is 5.28. The van der Waals surface area contributed by atoms with Crippen molar-refractivity contribution < 1.29 is 9.47 Å². The smallest absolute Gasteiger partial charge is 0.0576 e. The first-order chi connectivity index (χ1) is 7.29. The van der Waals surface area contributed by atoms with E-state index in [2.05, 4.69) is 0 Å². The molecule has 2 fully saturated rings. The van der Waals surface area contributed by atoms with Crippen molar-refractivity contribution in [2.24, 2.45) is 5.73 Å². The van der Waals surface area contributed by atoms with Gasteiger partial charge in [-0.2, -0.15) is 0 Å². The van der Waals surface area contributed by atoms with Gasteiger partial charge in [-0.3, -0.25) is 0 Å². The van der Waals surface area contributed by atoms with Crippen molar-refractivity contribution in [3.63, 3.8) is 0 Å². The molecule has 2 rings (SSSR count). The van der Waals surface area contributed by atoms with Gasteiger partial charge < -0.3 is 15.2 Å². The Kier molecular flexibility index (Phi) is 4.00. The number of hydrogen-bond donors (Lipinski definition) is 1. The summed E-state index contributed by atoms with van der Waals surface area (Å²) in [7, 11) is 0. The van der Waals surface area contributed by atoms with E-state index in [0.29, 0.717) is 6.10 Å². The average Bonchev–Trinajstić information content (AvgIpc) is 2.65. The van der Waals surface area contributed by atoms with Crippen LogP contribution in [0.1, 0.15) is 44.9 Å². The molecule has 3 heteroatoms. The molecule has 2 aliphatic heterocycles. The minimum Gasteiger partial charge on any atom is -0.381 e. The summed E-state index contributed by atoms with van der Waals surface area (Å²) >= 11 is 0. The van der Waals surface area contributed by atoms with E-state index >= 15 is 0 Å². The van der Waals surface area contributed by atoms with Crippen LogP contribution in [-0.4, -0.2) is 31.5 Å². The van der Waals surface area contributed by atoms with Crippen molar-refractivity contribution in [1.29, 1.82) is 0 Å². The fraction of sp³-hybridized carbons (Fsp3) is 1.00. The topological polar surface area (TPSA) is 44.5 Å². The summed E-state index contributed by atoms with van der Waals surface area (Å²) in [6, 6.07) is 0. The largest absolute Gasteiger partial charge is 0.381 e. The quantitative estimate of drug-likeness (QED) is 0.778. The van der Waals surface area contributed by atoms with Crippen LogP contribution in [0, 0.1) is 0 Å². The predicted octanol–water partition coefficient (Wildman–Crippen LogP) is 1.84. The summed E-state index contributed by atoms with van der Waals surface area (Å²) < 4.78 is 11.1. The summed E-state index contributed by atoms with van der Waals surface area (Å²) in [5.41, 5.74) is 6.42. The Morgan fingerprint density at radius 2 is 2.07 bits per heavy atom. The van der Waals surface area contributed by atoms with E-state index in [9.17, 15) is 0 Å². The van der Waals surface area contributed by atoms with Gasteiger partial charge in [0.2, 0.25) is 0 Å². The highest BCUT2D eigenvalue weighted by molar-refractivity contribution is 4.86. The maximum atomic E-state index is 6.40. The van der Waals surface area contributed by atoms with Crippen LogP contribution < -0.4 is 5.73 Å². The minimum atomic E-state index is 0.0163. The Hall–Kier alpha value is -0.120. The van der Waals surface area contributed by atoms with Crippen molar-refractivity contribution in [3.8, 4) is 0 Å². The maximum absolute atomic E-state index is 6.40. The molecule has 0 saturated carbocycles. The lowest BCUT2D eigenvalue weighted by Gasteiger charge is -2.28. The number of ether oxygens (including phenoxy) is 2. The molecule has 88 valence electrons. The van der Waals surface area contributed by atoms with E-state index in [1.165, 1.54) is 12.8 Å². The Bertz CT molecular complexity index is 182. The monoisotopic (exact) mass is 213 g/mol. The molecule has 0 aliphatic carbocycles. The summed E-state index contributed by atoms with van der Waals surface area (Å²) in [4.78, 5) is 0. The van der Waals surface area contributed by atoms with Crippen LogP contribution in [0.3, 0.4) is 0 Å². The van der Waals surface area contributed by atoms with Crippen molar-refractivity contribution in [2.75, 3.05) is 19.8 Å². The third-order valence-corrected chi connectivity index (χ3v) is 3.70. The van der Waals surface area contributed by atoms with E-state index in [-0.39, 0.29) is 5.54 Å². The van der Waals surface area contributed by atoms with Crippen LogP contribution >= 0.6 is 0 Å². The van der Waals surface area contributed by atoms with E-state index in [0.717, 1.165) is 51.9 Å². The molecule has 0 aromatic heterocycles. The summed E-state index contributed by atoms with van der Waals surface area (Å²) in [6.45, 7) is 2.67. The SMILES string of the molecule is NC1(CCC2CCCO2)CCCOCC1. The predicted molar refractivity (Wildman–Crippen MR) is 59.8 cm³/mol. The van der Waals surface area contributed by atoms with Crippen LogP contribution in [0.4, 0.5) is 0 Å². The fourth-order valence-electron chi connectivity index (χ4n) is 2.60. The van der Waals surface area contributed by atoms with E-state index < -0.39 is 0 Å². The zero-order chi connectivity index (χ0) is 10.6. The van der Waals surface area contributed by atoms with Gasteiger partial charge in [0.1, 0.15) is 0 Å². The molecule has 2 saturated heterocycles.